The summed E-state index contributed by atoms with van der Waals surface area (Å²) in [5.74, 6) is 2.23. The van der Waals surface area contributed by atoms with E-state index in [-0.39, 0.29) is 0 Å². The molecule has 0 atom stereocenters. The molecule has 1 heterocycles. The molecular weight excluding hydrogens is 294 g/mol. The number of hydrogen-bond donors (Lipinski definition) is 1. The third kappa shape index (κ3) is 4.90. The first-order chi connectivity index (χ1) is 9.63. The molecule has 2 N–H and O–H groups in total. The number of nitrogens with zero attached hydrogens (tertiary/aromatic N) is 2. The fraction of sp³-hybridized carbons (Fsp3) is 0.286. The highest BCUT2D eigenvalue weighted by Gasteiger charge is 2.01. The van der Waals surface area contributed by atoms with E-state index in [1.54, 1.807) is 17.8 Å². The van der Waals surface area contributed by atoms with Crippen molar-refractivity contribution < 1.29 is 4.74 Å². The van der Waals surface area contributed by atoms with Gasteiger partial charge in [-0.15, -0.1) is 0 Å². The van der Waals surface area contributed by atoms with Gasteiger partial charge < -0.3 is 10.5 Å². The number of aryl methyl sites for hydroxylation is 1. The van der Waals surface area contributed by atoms with Gasteiger partial charge in [0.25, 0.3) is 0 Å². The van der Waals surface area contributed by atoms with Gasteiger partial charge in [-0.05, 0) is 37.6 Å². The van der Waals surface area contributed by atoms with Gasteiger partial charge in [0.15, 0.2) is 5.16 Å². The lowest BCUT2D eigenvalue weighted by Crippen LogP contribution is -2.00. The van der Waals surface area contributed by atoms with E-state index >= 15 is 0 Å². The molecule has 0 spiro atoms. The van der Waals surface area contributed by atoms with Gasteiger partial charge in [0.2, 0.25) is 0 Å². The van der Waals surface area contributed by atoms with Gasteiger partial charge >= 0.3 is 0 Å². The van der Waals surface area contributed by atoms with Crippen molar-refractivity contribution in [2.24, 2.45) is 0 Å². The van der Waals surface area contributed by atoms with Crippen molar-refractivity contribution in [3.8, 4) is 5.75 Å². The van der Waals surface area contributed by atoms with Gasteiger partial charge in [0, 0.05) is 22.5 Å². The highest BCUT2D eigenvalue weighted by Crippen LogP contribution is 2.18. The predicted molar refractivity (Wildman–Crippen MR) is 83.5 cm³/mol. The van der Waals surface area contributed by atoms with Gasteiger partial charge in [-0.25, -0.2) is 9.97 Å². The number of benzene rings is 1. The Hall–Kier alpha value is -1.46. The average molecular weight is 310 g/mol. The molecule has 4 nitrogen and oxygen atoms in total. The van der Waals surface area contributed by atoms with Crippen LogP contribution in [0.3, 0.4) is 0 Å². The topological polar surface area (TPSA) is 61.0 Å². The van der Waals surface area contributed by atoms with Crippen LogP contribution in [0.25, 0.3) is 0 Å². The van der Waals surface area contributed by atoms with Crippen molar-refractivity contribution in [2.45, 2.75) is 18.5 Å². The van der Waals surface area contributed by atoms with E-state index in [1.165, 1.54) is 0 Å². The molecule has 0 fully saturated rings. The fourth-order valence-corrected chi connectivity index (χ4v) is 2.52. The number of hydrogen-bond acceptors (Lipinski definition) is 5. The molecular formula is C14H16ClN3OS. The zero-order valence-corrected chi connectivity index (χ0v) is 12.7. The Bertz CT molecular complexity index is 543. The maximum absolute atomic E-state index is 5.81. The number of thioether (sulfide) groups is 1. The molecule has 0 bridgehead atoms. The van der Waals surface area contributed by atoms with Crippen LogP contribution in [0.5, 0.6) is 5.75 Å². The lowest BCUT2D eigenvalue weighted by Gasteiger charge is -2.06. The van der Waals surface area contributed by atoms with Crippen LogP contribution in [-0.2, 0) is 0 Å². The third-order valence-corrected chi connectivity index (χ3v) is 3.64. The second kappa shape index (κ2) is 7.36. The number of rotatable bonds is 6. The van der Waals surface area contributed by atoms with Crippen LogP contribution >= 0.6 is 23.4 Å². The first-order valence-corrected chi connectivity index (χ1v) is 7.62. The van der Waals surface area contributed by atoms with E-state index < -0.39 is 0 Å². The molecule has 20 heavy (non-hydrogen) atoms. The van der Waals surface area contributed by atoms with Crippen LogP contribution in [0, 0.1) is 6.92 Å². The third-order valence-electron chi connectivity index (χ3n) is 2.46. The lowest BCUT2D eigenvalue weighted by molar-refractivity contribution is 0.318. The minimum absolute atomic E-state index is 0.511. The summed E-state index contributed by atoms with van der Waals surface area (Å²) < 4.78 is 5.61. The molecule has 0 aliphatic carbocycles. The lowest BCUT2D eigenvalue weighted by atomic mass is 10.3. The van der Waals surface area contributed by atoms with Gasteiger partial charge in [-0.1, -0.05) is 23.4 Å². The summed E-state index contributed by atoms with van der Waals surface area (Å²) in [6, 6.07) is 9.11. The Kier molecular flexibility index (Phi) is 5.49. The summed E-state index contributed by atoms with van der Waals surface area (Å²) in [4.78, 5) is 8.49. The molecule has 0 saturated heterocycles. The van der Waals surface area contributed by atoms with E-state index in [0.29, 0.717) is 22.6 Å². The van der Waals surface area contributed by atoms with E-state index in [2.05, 4.69) is 9.97 Å². The monoisotopic (exact) mass is 309 g/mol. The Balaban J connectivity index is 1.70. The minimum atomic E-state index is 0.511. The van der Waals surface area contributed by atoms with E-state index in [9.17, 15) is 0 Å². The summed E-state index contributed by atoms with van der Waals surface area (Å²) >= 11 is 7.39. The van der Waals surface area contributed by atoms with Gasteiger partial charge in [0.1, 0.15) is 11.6 Å². The normalized spacial score (nSPS) is 10.5. The molecule has 106 valence electrons. The van der Waals surface area contributed by atoms with Crippen molar-refractivity contribution in [1.29, 1.82) is 0 Å². The largest absolute Gasteiger partial charge is 0.494 e. The summed E-state index contributed by atoms with van der Waals surface area (Å²) in [7, 11) is 0. The second-order valence-corrected chi connectivity index (χ2v) is 5.72. The first kappa shape index (κ1) is 14.9. The quantitative estimate of drug-likeness (QED) is 0.502. The Morgan fingerprint density at radius 1 is 1.25 bits per heavy atom. The number of nitrogens with two attached hydrogens (primary N) is 1. The Labute approximate surface area is 127 Å². The van der Waals surface area contributed by atoms with Crippen LogP contribution in [-0.4, -0.2) is 22.3 Å². The van der Waals surface area contributed by atoms with Crippen LogP contribution in [0.4, 0.5) is 5.82 Å². The van der Waals surface area contributed by atoms with E-state index in [1.807, 2.05) is 31.2 Å². The zero-order valence-electron chi connectivity index (χ0n) is 11.2. The number of anilines is 1. The minimum Gasteiger partial charge on any atom is -0.494 e. The Morgan fingerprint density at radius 2 is 2.00 bits per heavy atom. The highest BCUT2D eigenvalue weighted by atomic mass is 35.5. The molecule has 0 aliphatic heterocycles. The predicted octanol–water partition coefficient (Wildman–Crippen LogP) is 3.58. The molecule has 0 radical (unpaired) electrons. The first-order valence-electron chi connectivity index (χ1n) is 6.26. The van der Waals surface area contributed by atoms with Crippen LogP contribution < -0.4 is 10.5 Å². The molecule has 1 aromatic carbocycles. The molecule has 2 rings (SSSR count). The maximum Gasteiger partial charge on any atom is 0.189 e. The molecule has 0 amide bonds. The van der Waals surface area contributed by atoms with Crippen LogP contribution in [0.15, 0.2) is 35.5 Å². The molecule has 2 aromatic rings. The molecule has 1 aromatic heterocycles. The summed E-state index contributed by atoms with van der Waals surface area (Å²) in [6.07, 6.45) is 0.907. The van der Waals surface area contributed by atoms with Gasteiger partial charge in [0.05, 0.1) is 6.61 Å². The smallest absolute Gasteiger partial charge is 0.189 e. The number of ether oxygens (including phenoxy) is 1. The Morgan fingerprint density at radius 3 is 2.70 bits per heavy atom. The van der Waals surface area contributed by atoms with E-state index in [4.69, 9.17) is 22.1 Å². The average Bonchev–Trinajstić information content (AvgIpc) is 2.39. The molecule has 0 aliphatic rings. The molecule has 6 heteroatoms. The number of aromatic nitrogens is 2. The van der Waals surface area contributed by atoms with Gasteiger partial charge in [-0.2, -0.15) is 0 Å². The van der Waals surface area contributed by atoms with Crippen molar-refractivity contribution >= 4 is 29.2 Å². The van der Waals surface area contributed by atoms with Crippen LogP contribution in [0.2, 0.25) is 5.02 Å². The van der Waals surface area contributed by atoms with Crippen LogP contribution in [0.1, 0.15) is 12.1 Å². The standard InChI is InChI=1S/C14H16ClN3OS/c1-10-9-13(16)18-14(17-10)20-8-2-7-19-12-5-3-11(15)4-6-12/h3-6,9H,2,7-8H2,1H3,(H2,16,17,18). The number of nitrogen functional groups attached to an aromatic ring is 1. The van der Waals surface area contributed by atoms with Crippen molar-refractivity contribution in [3.63, 3.8) is 0 Å². The summed E-state index contributed by atoms with van der Waals surface area (Å²) in [5.41, 5.74) is 6.56. The second-order valence-electron chi connectivity index (χ2n) is 4.22. The van der Waals surface area contributed by atoms with E-state index in [0.717, 1.165) is 23.6 Å². The fourth-order valence-electron chi connectivity index (χ4n) is 1.57. The SMILES string of the molecule is Cc1cc(N)nc(SCCCOc2ccc(Cl)cc2)n1. The number of halogens is 1. The van der Waals surface area contributed by atoms with Crippen molar-refractivity contribution in [2.75, 3.05) is 18.1 Å². The summed E-state index contributed by atoms with van der Waals surface area (Å²) in [5, 5.41) is 1.43. The maximum atomic E-state index is 5.81. The molecule has 0 saturated carbocycles. The zero-order chi connectivity index (χ0) is 14.4. The highest BCUT2D eigenvalue weighted by molar-refractivity contribution is 7.99. The molecule has 0 unspecified atom stereocenters. The van der Waals surface area contributed by atoms with Crippen molar-refractivity contribution in [1.82, 2.24) is 9.97 Å². The summed E-state index contributed by atoms with van der Waals surface area (Å²) in [6.45, 7) is 2.56. The van der Waals surface area contributed by atoms with Gasteiger partial charge in [-0.3, -0.25) is 0 Å². The van der Waals surface area contributed by atoms with Crippen molar-refractivity contribution in [3.05, 3.63) is 41.0 Å².